The molecule has 210 valence electrons. The van der Waals surface area contributed by atoms with Crippen LogP contribution in [0.15, 0.2) is 103 Å². The van der Waals surface area contributed by atoms with Crippen molar-refractivity contribution in [1.29, 1.82) is 0 Å². The fourth-order valence-electron chi connectivity index (χ4n) is 5.70. The quantitative estimate of drug-likeness (QED) is 0.146. The topological polar surface area (TPSA) is 83.8 Å². The molecule has 0 spiro atoms. The number of thiophene rings is 1. The third kappa shape index (κ3) is 5.04. The first-order valence-corrected chi connectivity index (χ1v) is 14.7. The lowest BCUT2D eigenvalue weighted by atomic mass is 9.89. The molecular weight excluding hydrogens is 570 g/mol. The van der Waals surface area contributed by atoms with Gasteiger partial charge in [-0.2, -0.15) is 0 Å². The van der Waals surface area contributed by atoms with Crippen LogP contribution in [0.3, 0.4) is 0 Å². The van der Waals surface area contributed by atoms with Crippen molar-refractivity contribution in [3.8, 4) is 0 Å². The summed E-state index contributed by atoms with van der Waals surface area (Å²) >= 11 is 7.91. The predicted molar refractivity (Wildman–Crippen MR) is 168 cm³/mol. The maximum absolute atomic E-state index is 14.5. The number of anilines is 2. The SMILES string of the molecule is C[C@@H]1C[C@@H](N(C(=O)c2sc3cc([N+](=O)[O-])ccc3c2Cl)c2ccccc2)c2ccccc2N1C(=O)Cc1ccccc1. The second kappa shape index (κ2) is 11.4. The Kier molecular flexibility index (Phi) is 7.49. The molecule has 1 aliphatic heterocycles. The lowest BCUT2D eigenvalue weighted by molar-refractivity contribution is -0.384. The van der Waals surface area contributed by atoms with Gasteiger partial charge in [-0.1, -0.05) is 78.3 Å². The fraction of sp³-hybridized carbons (Fsp3) is 0.152. The zero-order valence-corrected chi connectivity index (χ0v) is 24.2. The molecule has 6 rings (SSSR count). The number of rotatable bonds is 6. The second-order valence-corrected chi connectivity index (χ2v) is 11.7. The summed E-state index contributed by atoms with van der Waals surface area (Å²) in [6, 6.07) is 30.6. The molecule has 42 heavy (non-hydrogen) atoms. The molecule has 2 heterocycles. The summed E-state index contributed by atoms with van der Waals surface area (Å²) in [5, 5.41) is 12.2. The number of nitro benzene ring substituents is 1. The van der Waals surface area contributed by atoms with Gasteiger partial charge in [0.1, 0.15) is 4.88 Å². The number of non-ortho nitro benzene ring substituents is 1. The van der Waals surface area contributed by atoms with Gasteiger partial charge in [-0.15, -0.1) is 11.3 Å². The van der Waals surface area contributed by atoms with E-state index in [4.69, 9.17) is 11.6 Å². The number of hydrogen-bond acceptors (Lipinski definition) is 5. The van der Waals surface area contributed by atoms with Crippen LogP contribution in [0.5, 0.6) is 0 Å². The first kappa shape index (κ1) is 27.6. The molecule has 1 aliphatic rings. The van der Waals surface area contributed by atoms with Crippen molar-refractivity contribution in [2.75, 3.05) is 9.80 Å². The van der Waals surface area contributed by atoms with E-state index < -0.39 is 4.92 Å². The maximum atomic E-state index is 14.5. The molecule has 9 heteroatoms. The van der Waals surface area contributed by atoms with E-state index >= 15 is 0 Å². The molecule has 0 aliphatic carbocycles. The van der Waals surface area contributed by atoms with Crippen LogP contribution in [-0.4, -0.2) is 22.8 Å². The van der Waals surface area contributed by atoms with E-state index in [0.717, 1.165) is 28.2 Å². The van der Waals surface area contributed by atoms with Crippen LogP contribution in [0.25, 0.3) is 10.1 Å². The molecule has 0 N–H and O–H groups in total. The van der Waals surface area contributed by atoms with Crippen LogP contribution in [0.2, 0.25) is 5.02 Å². The normalized spacial score (nSPS) is 16.2. The molecule has 0 radical (unpaired) electrons. The Morgan fingerprint density at radius 1 is 0.976 bits per heavy atom. The van der Waals surface area contributed by atoms with Crippen LogP contribution >= 0.6 is 22.9 Å². The van der Waals surface area contributed by atoms with Gasteiger partial charge in [0.15, 0.2) is 0 Å². The minimum atomic E-state index is -0.462. The number of fused-ring (bicyclic) bond motifs is 2. The molecule has 0 bridgehead atoms. The Hall–Kier alpha value is -4.53. The molecule has 5 aromatic rings. The van der Waals surface area contributed by atoms with Crippen molar-refractivity contribution < 1.29 is 14.5 Å². The van der Waals surface area contributed by atoms with E-state index in [1.807, 2.05) is 96.8 Å². The zero-order valence-electron chi connectivity index (χ0n) is 22.6. The van der Waals surface area contributed by atoms with E-state index in [9.17, 15) is 19.7 Å². The van der Waals surface area contributed by atoms with Gasteiger partial charge in [0, 0.05) is 39.6 Å². The van der Waals surface area contributed by atoms with Gasteiger partial charge < -0.3 is 4.90 Å². The first-order chi connectivity index (χ1) is 20.3. The van der Waals surface area contributed by atoms with Crippen LogP contribution in [0.1, 0.15) is 40.2 Å². The standard InChI is InChI=1S/C33H26ClN3O4S/c1-21-18-28(25-14-8-9-15-27(25)35(21)30(38)19-22-10-4-2-5-11-22)36(23-12-6-3-7-13-23)33(39)32-31(34)26-17-16-24(37(40)41)20-29(26)42-32/h2-17,20-21,28H,18-19H2,1H3/t21-,28-/m1/s1. The molecule has 4 aromatic carbocycles. The van der Waals surface area contributed by atoms with E-state index in [1.54, 1.807) is 11.0 Å². The second-order valence-electron chi connectivity index (χ2n) is 10.3. The minimum Gasteiger partial charge on any atom is -0.309 e. The highest BCUT2D eigenvalue weighted by molar-refractivity contribution is 7.21. The number of hydrogen-bond donors (Lipinski definition) is 0. The average molecular weight is 596 g/mol. The molecule has 2 atom stereocenters. The van der Waals surface area contributed by atoms with Crippen molar-refractivity contribution in [3.05, 3.63) is 134 Å². The van der Waals surface area contributed by atoms with Gasteiger partial charge >= 0.3 is 0 Å². The largest absolute Gasteiger partial charge is 0.309 e. The van der Waals surface area contributed by atoms with Gasteiger partial charge in [0.05, 0.1) is 22.4 Å². The highest BCUT2D eigenvalue weighted by Crippen LogP contribution is 2.45. The van der Waals surface area contributed by atoms with Crippen LogP contribution in [0, 0.1) is 10.1 Å². The molecule has 7 nitrogen and oxygen atoms in total. The smallest absolute Gasteiger partial charge is 0.270 e. The van der Waals surface area contributed by atoms with Gasteiger partial charge in [-0.3, -0.25) is 24.6 Å². The number of carbonyl (C=O) groups excluding carboxylic acids is 2. The Bertz CT molecular complexity index is 1810. The summed E-state index contributed by atoms with van der Waals surface area (Å²) in [5.74, 6) is -0.308. The maximum Gasteiger partial charge on any atom is 0.270 e. The van der Waals surface area contributed by atoms with Gasteiger partial charge in [0.2, 0.25) is 5.91 Å². The third-order valence-electron chi connectivity index (χ3n) is 7.61. The molecular formula is C33H26ClN3O4S. The molecule has 2 amide bonds. The first-order valence-electron chi connectivity index (χ1n) is 13.5. The highest BCUT2D eigenvalue weighted by Gasteiger charge is 2.39. The predicted octanol–water partition coefficient (Wildman–Crippen LogP) is 8.22. The summed E-state index contributed by atoms with van der Waals surface area (Å²) in [6.45, 7) is 2.00. The number of amides is 2. The average Bonchev–Trinajstić information content (AvgIpc) is 3.33. The number of carbonyl (C=O) groups is 2. The van der Waals surface area contributed by atoms with Gasteiger partial charge in [-0.25, -0.2) is 0 Å². The monoisotopic (exact) mass is 595 g/mol. The summed E-state index contributed by atoms with van der Waals surface area (Å²) in [4.78, 5) is 42.9. The van der Waals surface area contributed by atoms with Gasteiger partial charge in [-0.05, 0) is 48.7 Å². The van der Waals surface area contributed by atoms with E-state index in [-0.39, 0.29) is 41.0 Å². The van der Waals surface area contributed by atoms with E-state index in [1.165, 1.54) is 12.1 Å². The minimum absolute atomic E-state index is 0.00803. The van der Waals surface area contributed by atoms with Crippen molar-refractivity contribution in [3.63, 3.8) is 0 Å². The molecule has 0 unspecified atom stereocenters. The van der Waals surface area contributed by atoms with Crippen molar-refractivity contribution in [1.82, 2.24) is 0 Å². The van der Waals surface area contributed by atoms with Crippen LogP contribution in [0.4, 0.5) is 17.1 Å². The van der Waals surface area contributed by atoms with E-state index in [2.05, 4.69) is 0 Å². The number of nitrogens with zero attached hydrogens (tertiary/aromatic N) is 3. The number of nitro groups is 1. The lowest BCUT2D eigenvalue weighted by Crippen LogP contribution is -2.48. The van der Waals surface area contributed by atoms with Crippen LogP contribution in [-0.2, 0) is 11.2 Å². The molecule has 0 saturated heterocycles. The summed E-state index contributed by atoms with van der Waals surface area (Å²) < 4.78 is 0.570. The summed E-state index contributed by atoms with van der Waals surface area (Å²) in [7, 11) is 0. The van der Waals surface area contributed by atoms with Crippen LogP contribution < -0.4 is 9.80 Å². The Morgan fingerprint density at radius 3 is 2.36 bits per heavy atom. The number of benzene rings is 4. The third-order valence-corrected chi connectivity index (χ3v) is 9.26. The molecule has 0 fully saturated rings. The van der Waals surface area contributed by atoms with Gasteiger partial charge in [0.25, 0.3) is 11.6 Å². The highest BCUT2D eigenvalue weighted by atomic mass is 35.5. The number of halogens is 1. The zero-order chi connectivity index (χ0) is 29.4. The Balaban J connectivity index is 1.43. The summed E-state index contributed by atoms with van der Waals surface area (Å²) in [6.07, 6.45) is 0.779. The Morgan fingerprint density at radius 2 is 1.64 bits per heavy atom. The lowest BCUT2D eigenvalue weighted by Gasteiger charge is -2.43. The van der Waals surface area contributed by atoms with Crippen molar-refractivity contribution in [2.45, 2.75) is 31.8 Å². The van der Waals surface area contributed by atoms with Crippen molar-refractivity contribution >= 4 is 61.9 Å². The Labute approximate surface area is 251 Å². The van der Waals surface area contributed by atoms with Crippen molar-refractivity contribution in [2.24, 2.45) is 0 Å². The molecule has 0 saturated carbocycles. The van der Waals surface area contributed by atoms with E-state index in [0.29, 0.717) is 27.1 Å². The fourth-order valence-corrected chi connectivity index (χ4v) is 7.19. The summed E-state index contributed by atoms with van der Waals surface area (Å²) in [5.41, 5.74) is 3.21. The molecule has 1 aromatic heterocycles. The number of para-hydroxylation sites is 2.